The van der Waals surface area contributed by atoms with E-state index in [1.807, 2.05) is 0 Å². The third kappa shape index (κ3) is 2.89. The lowest BCUT2D eigenvalue weighted by Gasteiger charge is -2.10. The average Bonchev–Trinajstić information content (AvgIpc) is 2.70. The molecule has 1 aliphatic heterocycles. The maximum atomic E-state index is 12.2. The van der Waals surface area contributed by atoms with Gasteiger partial charge in [0, 0.05) is 5.69 Å². The van der Waals surface area contributed by atoms with Gasteiger partial charge in [0.1, 0.15) is 12.4 Å². The Bertz CT molecular complexity index is 746. The van der Waals surface area contributed by atoms with Gasteiger partial charge in [0.05, 0.1) is 22.7 Å². The van der Waals surface area contributed by atoms with Crippen molar-refractivity contribution < 1.29 is 14.3 Å². The largest absolute Gasteiger partial charge is 0.491 e. The van der Waals surface area contributed by atoms with E-state index in [9.17, 15) is 9.59 Å². The summed E-state index contributed by atoms with van der Waals surface area (Å²) in [5.74, 6) is -0.0485. The number of benzene rings is 2. The Hall–Kier alpha value is -2.53. The van der Waals surface area contributed by atoms with Crippen LogP contribution in [0.25, 0.3) is 0 Å². The fourth-order valence-corrected chi connectivity index (χ4v) is 2.40. The van der Waals surface area contributed by atoms with Gasteiger partial charge in [0.2, 0.25) is 0 Å². The van der Waals surface area contributed by atoms with Gasteiger partial charge in [-0.25, -0.2) is 0 Å². The number of halogens is 1. The summed E-state index contributed by atoms with van der Waals surface area (Å²) in [6.45, 7) is 0.874. The number of nitrogens with one attached hydrogen (secondary N) is 2. The number of anilines is 1. The average molecular weight is 317 g/mol. The van der Waals surface area contributed by atoms with Crippen molar-refractivity contribution >= 4 is 29.1 Å². The minimum Gasteiger partial charge on any atom is -0.491 e. The third-order valence-corrected chi connectivity index (χ3v) is 3.58. The maximum Gasteiger partial charge on any atom is 0.257 e. The molecule has 1 aliphatic rings. The van der Waals surface area contributed by atoms with E-state index >= 15 is 0 Å². The van der Waals surface area contributed by atoms with E-state index in [-0.39, 0.29) is 11.8 Å². The highest BCUT2D eigenvalue weighted by molar-refractivity contribution is 6.34. The first kappa shape index (κ1) is 14.4. The molecule has 0 spiro atoms. The number of hydrogen-bond acceptors (Lipinski definition) is 3. The molecule has 112 valence electrons. The Morgan fingerprint density at radius 3 is 2.86 bits per heavy atom. The number of carbonyl (C=O) groups is 2. The normalized spacial score (nSPS) is 13.4. The molecule has 2 N–H and O–H groups in total. The van der Waals surface area contributed by atoms with Gasteiger partial charge in [-0.15, -0.1) is 0 Å². The first-order valence-corrected chi connectivity index (χ1v) is 7.14. The summed E-state index contributed by atoms with van der Waals surface area (Å²) in [6, 6.07) is 11.7. The predicted octanol–water partition coefficient (Wildman–Crippen LogP) is 2.71. The summed E-state index contributed by atoms with van der Waals surface area (Å²) in [4.78, 5) is 24.2. The number of rotatable bonds is 2. The van der Waals surface area contributed by atoms with Crippen LogP contribution in [0.1, 0.15) is 20.7 Å². The second kappa shape index (κ2) is 6.07. The van der Waals surface area contributed by atoms with Crippen molar-refractivity contribution in [2.75, 3.05) is 18.5 Å². The Kier molecular flexibility index (Phi) is 3.98. The molecule has 0 aromatic heterocycles. The molecule has 0 saturated heterocycles. The van der Waals surface area contributed by atoms with Crippen molar-refractivity contribution in [3.63, 3.8) is 0 Å². The van der Waals surface area contributed by atoms with Gasteiger partial charge in [0.15, 0.2) is 0 Å². The fourth-order valence-electron chi connectivity index (χ4n) is 2.18. The van der Waals surface area contributed by atoms with Crippen molar-refractivity contribution in [3.05, 3.63) is 58.6 Å². The van der Waals surface area contributed by atoms with Crippen molar-refractivity contribution in [1.29, 1.82) is 0 Å². The fraction of sp³-hybridized carbons (Fsp3) is 0.125. The van der Waals surface area contributed by atoms with Gasteiger partial charge in [-0.05, 0) is 30.3 Å². The van der Waals surface area contributed by atoms with Crippen LogP contribution in [0.15, 0.2) is 42.5 Å². The minimum atomic E-state index is -0.333. The zero-order valence-corrected chi connectivity index (χ0v) is 12.3. The zero-order chi connectivity index (χ0) is 15.5. The SMILES string of the molecule is O=C(Nc1ccc2c(c1)C(=O)NCCO2)c1ccccc1Cl. The molecule has 0 aliphatic carbocycles. The molecule has 22 heavy (non-hydrogen) atoms. The van der Waals surface area contributed by atoms with Crippen LogP contribution in [0, 0.1) is 0 Å². The van der Waals surface area contributed by atoms with Crippen LogP contribution < -0.4 is 15.4 Å². The lowest BCUT2D eigenvalue weighted by molar-refractivity contribution is 0.0955. The first-order valence-electron chi connectivity index (χ1n) is 6.76. The summed E-state index contributed by atoms with van der Waals surface area (Å²) in [5.41, 5.74) is 1.28. The van der Waals surface area contributed by atoms with Crippen LogP contribution in [0.4, 0.5) is 5.69 Å². The minimum absolute atomic E-state index is 0.221. The summed E-state index contributed by atoms with van der Waals surface area (Å²) >= 11 is 6.00. The van der Waals surface area contributed by atoms with Gasteiger partial charge < -0.3 is 15.4 Å². The molecule has 0 fully saturated rings. The van der Waals surface area contributed by atoms with Crippen LogP contribution in [-0.2, 0) is 0 Å². The molecule has 1 heterocycles. The van der Waals surface area contributed by atoms with E-state index in [0.29, 0.717) is 40.7 Å². The van der Waals surface area contributed by atoms with E-state index in [4.69, 9.17) is 16.3 Å². The molecule has 0 radical (unpaired) electrons. The second-order valence-electron chi connectivity index (χ2n) is 4.75. The Morgan fingerprint density at radius 1 is 1.23 bits per heavy atom. The predicted molar refractivity (Wildman–Crippen MR) is 83.7 cm³/mol. The number of hydrogen-bond donors (Lipinski definition) is 2. The standard InChI is InChI=1S/C16H13ClN2O3/c17-13-4-2-1-3-11(13)16(21)19-10-5-6-14-12(9-10)15(20)18-7-8-22-14/h1-6,9H,7-8H2,(H,18,20)(H,19,21). The zero-order valence-electron chi connectivity index (χ0n) is 11.6. The summed E-state index contributed by atoms with van der Waals surface area (Å²) < 4.78 is 5.47. The molecule has 2 aromatic carbocycles. The lowest BCUT2D eigenvalue weighted by atomic mass is 10.1. The van der Waals surface area contributed by atoms with E-state index in [2.05, 4.69) is 10.6 Å². The highest BCUT2D eigenvalue weighted by Gasteiger charge is 2.18. The van der Waals surface area contributed by atoms with Gasteiger partial charge in [-0.3, -0.25) is 9.59 Å². The highest BCUT2D eigenvalue weighted by Crippen LogP contribution is 2.25. The van der Waals surface area contributed by atoms with Crippen LogP contribution >= 0.6 is 11.6 Å². The van der Waals surface area contributed by atoms with Crippen molar-refractivity contribution in [2.24, 2.45) is 0 Å². The van der Waals surface area contributed by atoms with Crippen LogP contribution in [-0.4, -0.2) is 25.0 Å². The van der Waals surface area contributed by atoms with E-state index < -0.39 is 0 Å². The second-order valence-corrected chi connectivity index (χ2v) is 5.16. The summed E-state index contributed by atoms with van der Waals surface area (Å²) in [6.07, 6.45) is 0. The molecule has 2 aromatic rings. The Balaban J connectivity index is 1.86. The molecular formula is C16H13ClN2O3. The molecule has 0 bridgehead atoms. The van der Waals surface area contributed by atoms with Crippen LogP contribution in [0.2, 0.25) is 5.02 Å². The van der Waals surface area contributed by atoms with Gasteiger partial charge in [-0.2, -0.15) is 0 Å². The quantitative estimate of drug-likeness (QED) is 0.895. The molecule has 2 amide bonds. The van der Waals surface area contributed by atoms with E-state index in [1.165, 1.54) is 0 Å². The number of ether oxygens (including phenoxy) is 1. The number of fused-ring (bicyclic) bond motifs is 1. The smallest absolute Gasteiger partial charge is 0.257 e. The molecule has 0 atom stereocenters. The van der Waals surface area contributed by atoms with Gasteiger partial charge in [0.25, 0.3) is 11.8 Å². The molecule has 3 rings (SSSR count). The number of carbonyl (C=O) groups excluding carboxylic acids is 2. The molecule has 0 unspecified atom stereocenters. The topological polar surface area (TPSA) is 67.4 Å². The molecular weight excluding hydrogens is 304 g/mol. The first-order chi connectivity index (χ1) is 10.6. The van der Waals surface area contributed by atoms with E-state index in [1.54, 1.807) is 42.5 Å². The van der Waals surface area contributed by atoms with Crippen molar-refractivity contribution in [3.8, 4) is 5.75 Å². The van der Waals surface area contributed by atoms with Crippen LogP contribution in [0.5, 0.6) is 5.75 Å². The van der Waals surface area contributed by atoms with Crippen LogP contribution in [0.3, 0.4) is 0 Å². The summed E-state index contributed by atoms with van der Waals surface area (Å²) in [7, 11) is 0. The molecule has 6 heteroatoms. The number of amides is 2. The Morgan fingerprint density at radius 2 is 2.05 bits per heavy atom. The Labute approximate surface area is 132 Å². The molecule has 0 saturated carbocycles. The lowest BCUT2D eigenvalue weighted by Crippen LogP contribution is -2.24. The maximum absolute atomic E-state index is 12.2. The van der Waals surface area contributed by atoms with Gasteiger partial charge >= 0.3 is 0 Å². The molecule has 5 nitrogen and oxygen atoms in total. The highest BCUT2D eigenvalue weighted by atomic mass is 35.5. The van der Waals surface area contributed by atoms with Crippen molar-refractivity contribution in [1.82, 2.24) is 5.32 Å². The monoisotopic (exact) mass is 316 g/mol. The summed E-state index contributed by atoms with van der Waals surface area (Å²) in [5, 5.41) is 5.83. The van der Waals surface area contributed by atoms with Gasteiger partial charge in [-0.1, -0.05) is 23.7 Å². The third-order valence-electron chi connectivity index (χ3n) is 3.25. The van der Waals surface area contributed by atoms with E-state index in [0.717, 1.165) is 0 Å². The van der Waals surface area contributed by atoms with Crippen molar-refractivity contribution in [2.45, 2.75) is 0 Å².